The molecule has 37 heavy (non-hydrogen) atoms. The summed E-state index contributed by atoms with van der Waals surface area (Å²) in [5.41, 5.74) is 4.02. The van der Waals surface area contributed by atoms with Crippen LogP contribution in [0, 0.1) is 23.0 Å². The Kier molecular flexibility index (Phi) is 13.4. The normalized spacial score (nSPS) is 16.3. The average Bonchev–Trinajstić information content (AvgIpc) is 3.59. The van der Waals surface area contributed by atoms with Gasteiger partial charge in [0.25, 0.3) is 0 Å². The van der Waals surface area contributed by atoms with E-state index in [0.717, 1.165) is 37.1 Å². The van der Waals surface area contributed by atoms with E-state index in [4.69, 9.17) is 0 Å². The van der Waals surface area contributed by atoms with Crippen LogP contribution in [0.5, 0.6) is 0 Å². The molecule has 0 bridgehead atoms. The van der Waals surface area contributed by atoms with Crippen LogP contribution in [-0.2, 0) is 75.0 Å². The fourth-order valence-corrected chi connectivity index (χ4v) is 4.36. The molecule has 4 rings (SSSR count). The molecule has 2 aliphatic carbocycles. The monoisotopic (exact) mass is 652 g/mol. The van der Waals surface area contributed by atoms with Gasteiger partial charge in [-0.05, 0) is 37.5 Å². The van der Waals surface area contributed by atoms with Crippen LogP contribution in [0.3, 0.4) is 0 Å². The van der Waals surface area contributed by atoms with Gasteiger partial charge in [-0.15, -0.1) is 12.1 Å². The van der Waals surface area contributed by atoms with Crippen LogP contribution in [0.1, 0.15) is 96.6 Å². The van der Waals surface area contributed by atoms with Crippen molar-refractivity contribution in [2.24, 2.45) is 10.8 Å². The molecule has 0 saturated heterocycles. The number of hydrogen-bond acceptors (Lipinski definition) is 2. The third-order valence-electron chi connectivity index (χ3n) is 7.76. The zero-order valence-electron chi connectivity index (χ0n) is 24.0. The van der Waals surface area contributed by atoms with E-state index in [1.807, 2.05) is 45.3 Å². The Morgan fingerprint density at radius 3 is 1.27 bits per heavy atom. The van der Waals surface area contributed by atoms with Crippen molar-refractivity contribution in [1.29, 1.82) is 0 Å². The molecule has 0 aromatic heterocycles. The van der Waals surface area contributed by atoms with E-state index in [2.05, 4.69) is 58.9 Å². The van der Waals surface area contributed by atoms with Crippen molar-refractivity contribution in [2.45, 2.75) is 85.5 Å². The number of benzene rings is 2. The maximum atomic E-state index is 12.4. The topological polar surface area (TPSA) is 40.6 Å². The predicted octanol–water partition coefficient (Wildman–Crippen LogP) is 7.13. The maximum absolute atomic E-state index is 12.4. The molecule has 0 unspecified atom stereocenters. The molecule has 2 aromatic rings. The molecule has 6 heteroatoms. The van der Waals surface area contributed by atoms with E-state index in [-0.39, 0.29) is 88.1 Å². The van der Waals surface area contributed by atoms with Crippen molar-refractivity contribution in [1.82, 2.24) is 0 Å². The Balaban J connectivity index is 0.000000351. The molecular weight excluding hydrogens is 610 g/mol. The summed E-state index contributed by atoms with van der Waals surface area (Å²) >= 11 is 0. The summed E-state index contributed by atoms with van der Waals surface area (Å²) < 4.78 is 0. The van der Waals surface area contributed by atoms with Crippen LogP contribution in [0.2, 0.25) is 0 Å². The van der Waals surface area contributed by atoms with Gasteiger partial charge < -0.3 is 9.80 Å². The molecule has 0 aliphatic heterocycles. The average molecular weight is 653 g/mol. The zero-order valence-corrected chi connectivity index (χ0v) is 29.7. The van der Waals surface area contributed by atoms with E-state index < -0.39 is 0 Å². The molecule has 2 amide bonds. The molecule has 0 atom stereocenters. The third-order valence-corrected chi connectivity index (χ3v) is 7.76. The van der Waals surface area contributed by atoms with Gasteiger partial charge in [0.05, 0.1) is 0 Å². The predicted molar refractivity (Wildman–Crippen MR) is 145 cm³/mol. The quantitative estimate of drug-likeness (QED) is 0.312. The van der Waals surface area contributed by atoms with Gasteiger partial charge in [0.2, 0.25) is 11.8 Å². The Hall–Kier alpha value is -0.412. The molecule has 2 aromatic carbocycles. The van der Waals surface area contributed by atoms with Gasteiger partial charge in [0.15, 0.2) is 0 Å². The van der Waals surface area contributed by atoms with Gasteiger partial charge in [-0.2, -0.15) is 47.5 Å². The Labute approximate surface area is 275 Å². The zero-order chi connectivity index (χ0) is 26.0. The first-order valence-corrected chi connectivity index (χ1v) is 13.0. The van der Waals surface area contributed by atoms with Gasteiger partial charge in [-0.1, -0.05) is 59.3 Å². The van der Waals surface area contributed by atoms with Gasteiger partial charge in [-0.25, -0.2) is 0 Å². The first-order valence-electron chi connectivity index (χ1n) is 13.0. The molecule has 4 nitrogen and oxygen atoms in total. The van der Waals surface area contributed by atoms with Gasteiger partial charge >= 0.3 is 0 Å². The summed E-state index contributed by atoms with van der Waals surface area (Å²) in [5, 5.41) is 0. The molecular formula is C31H42N2O2Y2-2. The number of hydrogen-bond donors (Lipinski definition) is 0. The summed E-state index contributed by atoms with van der Waals surface area (Å²) in [5.74, 6) is 1.41. The molecule has 0 heterocycles. The molecule has 2 fully saturated rings. The minimum atomic E-state index is -0.133. The first-order chi connectivity index (χ1) is 16.4. The molecule has 196 valence electrons. The van der Waals surface area contributed by atoms with Crippen molar-refractivity contribution in [3.63, 3.8) is 0 Å². The van der Waals surface area contributed by atoms with Crippen LogP contribution in [0.4, 0.5) is 11.4 Å². The number of amides is 2. The van der Waals surface area contributed by atoms with Crippen LogP contribution in [0.15, 0.2) is 36.4 Å². The summed E-state index contributed by atoms with van der Waals surface area (Å²) in [4.78, 5) is 28.1. The Bertz CT molecular complexity index is 1020. The summed E-state index contributed by atoms with van der Waals surface area (Å²) in [6.07, 6.45) is 5.25. The third kappa shape index (κ3) is 8.53. The van der Waals surface area contributed by atoms with Crippen molar-refractivity contribution < 1.29 is 75.0 Å². The number of nitrogens with zero attached hydrogens (tertiary/aromatic N) is 2. The minimum absolute atomic E-state index is 0. The van der Waals surface area contributed by atoms with Crippen LogP contribution < -0.4 is 9.80 Å². The molecule has 0 spiro atoms. The second-order valence-corrected chi connectivity index (χ2v) is 11.5. The molecule has 2 radical (unpaired) electrons. The summed E-state index contributed by atoms with van der Waals surface area (Å²) in [6, 6.07) is 18.5. The van der Waals surface area contributed by atoms with Gasteiger partial charge in [-0.3, -0.25) is 9.59 Å². The van der Waals surface area contributed by atoms with Crippen molar-refractivity contribution in [3.05, 3.63) is 59.7 Å². The summed E-state index contributed by atoms with van der Waals surface area (Å²) in [7, 11) is 3.72. The largest absolute Gasteiger partial charge is 0.369 e. The standard InChI is InChI=1S/C16H22NO.C15H20NO.2Y/c1-12(2)13-6-8-14(9-7-13)17(4)15(18)16(3)10-5-11-16;1-11(2)12-5-7-13(8-6-12)16(4)14(17)15(3)9-10-15;;/h6,8-9,12H,5,10-11H2,1-4H3;5,7-8,11H,9-10H2,1-4H3;;/q2*-1;;. The van der Waals surface area contributed by atoms with Gasteiger partial charge in [0, 0.05) is 90.3 Å². The van der Waals surface area contributed by atoms with E-state index in [0.29, 0.717) is 11.8 Å². The van der Waals surface area contributed by atoms with Gasteiger partial charge in [0.1, 0.15) is 0 Å². The van der Waals surface area contributed by atoms with E-state index in [1.165, 1.54) is 17.5 Å². The van der Waals surface area contributed by atoms with Crippen molar-refractivity contribution in [2.75, 3.05) is 23.9 Å². The van der Waals surface area contributed by atoms with Crippen molar-refractivity contribution in [3.8, 4) is 0 Å². The number of carbonyl (C=O) groups is 2. The summed E-state index contributed by atoms with van der Waals surface area (Å²) in [6.45, 7) is 12.7. The second-order valence-electron chi connectivity index (χ2n) is 11.5. The minimum Gasteiger partial charge on any atom is -0.369 e. The SMILES string of the molecule is CC(C)c1[c-]cc(N(C)C(=O)C2(C)CC2)cc1.CC(C)c1[c-]cc(N(C)C(=O)C2(C)CCC2)cc1.[Y].[Y]. The Morgan fingerprint density at radius 1 is 0.703 bits per heavy atom. The number of rotatable bonds is 6. The maximum Gasteiger partial charge on any atom is 0.221 e. The van der Waals surface area contributed by atoms with Crippen LogP contribution in [0.25, 0.3) is 0 Å². The molecule has 2 saturated carbocycles. The van der Waals surface area contributed by atoms with E-state index in [1.54, 1.807) is 9.80 Å². The van der Waals surface area contributed by atoms with Crippen LogP contribution >= 0.6 is 0 Å². The molecule has 2 aliphatic rings. The fourth-order valence-electron chi connectivity index (χ4n) is 4.36. The fraction of sp³-hybridized carbons (Fsp3) is 0.548. The molecule has 0 N–H and O–H groups in total. The smallest absolute Gasteiger partial charge is 0.221 e. The van der Waals surface area contributed by atoms with Crippen molar-refractivity contribution >= 4 is 23.2 Å². The number of carbonyl (C=O) groups excluding carboxylic acids is 2. The Morgan fingerprint density at radius 2 is 1.05 bits per heavy atom. The van der Waals surface area contributed by atoms with Crippen LogP contribution in [-0.4, -0.2) is 25.9 Å². The van der Waals surface area contributed by atoms with E-state index >= 15 is 0 Å². The second kappa shape index (κ2) is 14.3. The number of anilines is 2. The first kappa shape index (κ1) is 34.6. The van der Waals surface area contributed by atoms with E-state index in [9.17, 15) is 9.59 Å².